The molecule has 134 valence electrons. The Morgan fingerprint density at radius 3 is 2.46 bits per heavy atom. The first-order chi connectivity index (χ1) is 12.4. The average molecular weight is 408 g/mol. The topological polar surface area (TPSA) is 72.7 Å². The maximum Gasteiger partial charge on any atom is 0.237 e. The van der Waals surface area contributed by atoms with Crippen molar-refractivity contribution in [3.05, 3.63) is 58.1 Å². The summed E-state index contributed by atoms with van der Waals surface area (Å²) in [7, 11) is 0. The van der Waals surface area contributed by atoms with E-state index in [0.717, 1.165) is 11.3 Å². The smallest absolute Gasteiger partial charge is 0.237 e. The highest BCUT2D eigenvalue weighted by Crippen LogP contribution is 2.26. The molecule has 2 aromatic carbocycles. The van der Waals surface area contributed by atoms with Crippen LogP contribution in [0.1, 0.15) is 12.5 Å². The first kappa shape index (κ1) is 18.7. The summed E-state index contributed by atoms with van der Waals surface area (Å²) < 4.78 is 1.60. The van der Waals surface area contributed by atoms with Gasteiger partial charge in [0.1, 0.15) is 0 Å². The molecule has 1 aromatic heterocycles. The molecule has 0 fully saturated rings. The first-order valence-electron chi connectivity index (χ1n) is 7.71. The van der Waals surface area contributed by atoms with Gasteiger partial charge < -0.3 is 5.32 Å². The van der Waals surface area contributed by atoms with Crippen LogP contribution in [0.15, 0.2) is 47.6 Å². The fourth-order valence-electron chi connectivity index (χ4n) is 2.18. The number of hydrogen-bond acceptors (Lipinski definition) is 5. The van der Waals surface area contributed by atoms with Gasteiger partial charge in [-0.15, -0.1) is 5.10 Å². The van der Waals surface area contributed by atoms with Crippen LogP contribution in [0.3, 0.4) is 0 Å². The molecule has 0 unspecified atom stereocenters. The van der Waals surface area contributed by atoms with Gasteiger partial charge in [0.25, 0.3) is 0 Å². The molecular weight excluding hydrogens is 393 g/mol. The lowest BCUT2D eigenvalue weighted by atomic mass is 10.2. The van der Waals surface area contributed by atoms with E-state index >= 15 is 0 Å². The molecule has 0 aliphatic heterocycles. The van der Waals surface area contributed by atoms with Crippen molar-refractivity contribution in [2.45, 2.75) is 24.3 Å². The van der Waals surface area contributed by atoms with E-state index in [1.165, 1.54) is 11.8 Å². The van der Waals surface area contributed by atoms with Crippen LogP contribution in [0, 0.1) is 6.92 Å². The fourth-order valence-corrected chi connectivity index (χ4v) is 3.52. The van der Waals surface area contributed by atoms with E-state index in [1.807, 2.05) is 31.2 Å². The number of anilines is 1. The number of aromatic nitrogens is 4. The molecule has 26 heavy (non-hydrogen) atoms. The van der Waals surface area contributed by atoms with Crippen LogP contribution in [-0.4, -0.2) is 31.4 Å². The minimum absolute atomic E-state index is 0.202. The van der Waals surface area contributed by atoms with Crippen LogP contribution < -0.4 is 5.32 Å². The zero-order valence-electron chi connectivity index (χ0n) is 14.0. The summed E-state index contributed by atoms with van der Waals surface area (Å²) in [6.07, 6.45) is 0. The molecular formula is C17H15Cl2N5OS. The number of tetrazole rings is 1. The van der Waals surface area contributed by atoms with Crippen molar-refractivity contribution in [3.8, 4) is 5.69 Å². The van der Waals surface area contributed by atoms with Crippen molar-refractivity contribution in [2.24, 2.45) is 0 Å². The third-order valence-electron chi connectivity index (χ3n) is 3.50. The van der Waals surface area contributed by atoms with E-state index in [-0.39, 0.29) is 5.91 Å². The highest BCUT2D eigenvalue weighted by atomic mass is 35.5. The molecule has 6 nitrogen and oxygen atoms in total. The second-order valence-electron chi connectivity index (χ2n) is 5.62. The zero-order chi connectivity index (χ0) is 18.7. The molecule has 1 amide bonds. The van der Waals surface area contributed by atoms with Crippen LogP contribution in [0.5, 0.6) is 0 Å². The summed E-state index contributed by atoms with van der Waals surface area (Å²) >= 11 is 13.2. The number of carbonyl (C=O) groups is 1. The minimum Gasteiger partial charge on any atom is -0.325 e. The van der Waals surface area contributed by atoms with Gasteiger partial charge in [0.2, 0.25) is 11.1 Å². The lowest BCUT2D eigenvalue weighted by molar-refractivity contribution is -0.115. The molecule has 0 spiro atoms. The van der Waals surface area contributed by atoms with E-state index < -0.39 is 5.25 Å². The third-order valence-corrected chi connectivity index (χ3v) is 4.97. The van der Waals surface area contributed by atoms with Gasteiger partial charge in [0.15, 0.2) is 0 Å². The second kappa shape index (κ2) is 8.07. The Morgan fingerprint density at radius 1 is 1.15 bits per heavy atom. The fraction of sp³-hybridized carbons (Fsp3) is 0.176. The van der Waals surface area contributed by atoms with Gasteiger partial charge in [-0.1, -0.05) is 52.7 Å². The molecule has 0 aliphatic carbocycles. The highest BCUT2D eigenvalue weighted by Gasteiger charge is 2.19. The van der Waals surface area contributed by atoms with E-state index in [1.54, 1.807) is 29.8 Å². The van der Waals surface area contributed by atoms with Crippen LogP contribution >= 0.6 is 35.0 Å². The number of nitrogens with one attached hydrogen (secondary N) is 1. The molecule has 1 N–H and O–H groups in total. The van der Waals surface area contributed by atoms with Crippen LogP contribution in [-0.2, 0) is 4.79 Å². The second-order valence-corrected chi connectivity index (χ2v) is 7.80. The summed E-state index contributed by atoms with van der Waals surface area (Å²) in [5.41, 5.74) is 2.51. The molecule has 1 atom stereocenters. The summed E-state index contributed by atoms with van der Waals surface area (Å²) in [5, 5.41) is 15.5. The summed E-state index contributed by atoms with van der Waals surface area (Å²) in [4.78, 5) is 12.5. The quantitative estimate of drug-likeness (QED) is 0.634. The molecule has 0 saturated heterocycles. The summed E-state index contributed by atoms with van der Waals surface area (Å²) in [6, 6.07) is 12.7. The van der Waals surface area contributed by atoms with Crippen molar-refractivity contribution in [1.82, 2.24) is 20.2 Å². The first-order valence-corrected chi connectivity index (χ1v) is 9.35. The van der Waals surface area contributed by atoms with Crippen molar-refractivity contribution < 1.29 is 4.79 Å². The normalized spacial score (nSPS) is 12.0. The number of halogens is 2. The molecule has 3 aromatic rings. The Kier molecular flexibility index (Phi) is 5.80. The van der Waals surface area contributed by atoms with E-state index in [4.69, 9.17) is 23.2 Å². The monoisotopic (exact) mass is 407 g/mol. The Morgan fingerprint density at radius 2 is 1.81 bits per heavy atom. The average Bonchev–Trinajstić information content (AvgIpc) is 3.02. The summed E-state index contributed by atoms with van der Waals surface area (Å²) in [6.45, 7) is 3.79. The Balaban J connectivity index is 1.72. The zero-order valence-corrected chi connectivity index (χ0v) is 16.3. The molecule has 3 rings (SSSR count). The van der Waals surface area contributed by atoms with Gasteiger partial charge in [-0.25, -0.2) is 0 Å². The Labute approximate surface area is 164 Å². The lowest BCUT2D eigenvalue weighted by Crippen LogP contribution is -2.23. The molecule has 0 saturated carbocycles. The van der Waals surface area contributed by atoms with E-state index in [0.29, 0.717) is 20.9 Å². The molecule has 0 bridgehead atoms. The summed E-state index contributed by atoms with van der Waals surface area (Å²) in [5.74, 6) is -0.202. The van der Waals surface area contributed by atoms with Crippen molar-refractivity contribution in [2.75, 3.05) is 5.32 Å². The third kappa shape index (κ3) is 4.55. The van der Waals surface area contributed by atoms with Gasteiger partial charge in [-0.3, -0.25) is 4.79 Å². The number of rotatable bonds is 5. The van der Waals surface area contributed by atoms with Crippen LogP contribution in [0.4, 0.5) is 5.69 Å². The van der Waals surface area contributed by atoms with Crippen molar-refractivity contribution >= 4 is 46.6 Å². The number of aryl methyl sites for hydroxylation is 1. The molecule has 0 aliphatic rings. The van der Waals surface area contributed by atoms with Gasteiger partial charge in [0, 0.05) is 15.7 Å². The van der Waals surface area contributed by atoms with E-state index in [2.05, 4.69) is 20.8 Å². The van der Waals surface area contributed by atoms with Crippen molar-refractivity contribution in [3.63, 3.8) is 0 Å². The minimum atomic E-state index is -0.428. The number of amides is 1. The Bertz CT molecular complexity index is 909. The maximum absolute atomic E-state index is 12.5. The largest absolute Gasteiger partial charge is 0.325 e. The highest BCUT2D eigenvalue weighted by molar-refractivity contribution is 8.00. The molecule has 1 heterocycles. The number of thioether (sulfide) groups is 1. The van der Waals surface area contributed by atoms with Gasteiger partial charge >= 0.3 is 0 Å². The van der Waals surface area contributed by atoms with Crippen molar-refractivity contribution in [1.29, 1.82) is 0 Å². The van der Waals surface area contributed by atoms with E-state index in [9.17, 15) is 4.79 Å². The predicted octanol–water partition coefficient (Wildman–Crippen LogP) is 4.40. The lowest BCUT2D eigenvalue weighted by Gasteiger charge is -2.12. The van der Waals surface area contributed by atoms with Crippen LogP contribution in [0.2, 0.25) is 10.0 Å². The maximum atomic E-state index is 12.5. The number of hydrogen-bond donors (Lipinski definition) is 1. The van der Waals surface area contributed by atoms with Gasteiger partial charge in [-0.2, -0.15) is 4.68 Å². The predicted molar refractivity (Wildman–Crippen MR) is 104 cm³/mol. The SMILES string of the molecule is Cc1ccc(-n2nnnc2S[C@@H](C)C(=O)Nc2cc(Cl)cc(Cl)c2)cc1. The molecule has 9 heteroatoms. The van der Waals surface area contributed by atoms with Crippen LogP contribution in [0.25, 0.3) is 5.69 Å². The number of carbonyl (C=O) groups excluding carboxylic acids is 1. The number of benzene rings is 2. The van der Waals surface area contributed by atoms with Gasteiger partial charge in [0.05, 0.1) is 10.9 Å². The number of nitrogens with zero attached hydrogens (tertiary/aromatic N) is 4. The molecule has 0 radical (unpaired) electrons. The Hall–Kier alpha value is -2.09. The van der Waals surface area contributed by atoms with Gasteiger partial charge in [-0.05, 0) is 54.6 Å². The standard InChI is InChI=1S/C17H15Cl2N5OS/c1-10-3-5-15(6-4-10)24-17(21-22-23-24)26-11(2)16(25)20-14-8-12(18)7-13(19)9-14/h3-9,11H,1-2H3,(H,20,25)/t11-/m0/s1.